The van der Waals surface area contributed by atoms with Crippen molar-refractivity contribution in [3.05, 3.63) is 41.1 Å². The molecule has 0 aromatic heterocycles. The Kier molecular flexibility index (Phi) is 5.04. The lowest BCUT2D eigenvalue weighted by Crippen LogP contribution is -2.47. The average Bonchev–Trinajstić information content (AvgIpc) is 2.92. The zero-order valence-electron chi connectivity index (χ0n) is 14.5. The number of nitrogens with zero attached hydrogens (tertiary/aromatic N) is 1. The standard InChI is InChI=1S/C19H22ClNO4/c1-19(8-5-9-19)11-15(18(23)24-2)21-12-13(10-17(21)22)25-16-7-4-3-6-14(16)20/h3-4,6-7,10,15H,5,8-9,11-12H2,1-2H3. The topological polar surface area (TPSA) is 55.8 Å². The Bertz CT molecular complexity index is 711. The van der Waals surface area contributed by atoms with Gasteiger partial charge in [0, 0.05) is 6.08 Å². The minimum Gasteiger partial charge on any atom is -0.467 e. The number of carbonyl (C=O) groups is 2. The van der Waals surface area contributed by atoms with Crippen molar-refractivity contribution in [1.82, 2.24) is 4.90 Å². The average molecular weight is 364 g/mol. The maximum Gasteiger partial charge on any atom is 0.328 e. The number of esters is 1. The Morgan fingerprint density at radius 2 is 2.08 bits per heavy atom. The minimum atomic E-state index is -0.591. The first-order valence-electron chi connectivity index (χ1n) is 8.43. The van der Waals surface area contributed by atoms with Crippen molar-refractivity contribution in [2.45, 2.75) is 38.6 Å². The number of benzene rings is 1. The predicted molar refractivity (Wildman–Crippen MR) is 94.3 cm³/mol. The summed E-state index contributed by atoms with van der Waals surface area (Å²) in [6.07, 6.45) is 5.33. The number of carbonyl (C=O) groups excluding carboxylic acids is 2. The zero-order chi connectivity index (χ0) is 18.0. The second-order valence-electron chi connectivity index (χ2n) is 7.02. The van der Waals surface area contributed by atoms with Crippen molar-refractivity contribution in [1.29, 1.82) is 0 Å². The van der Waals surface area contributed by atoms with Crippen LogP contribution in [0.2, 0.25) is 5.02 Å². The van der Waals surface area contributed by atoms with E-state index < -0.39 is 6.04 Å². The third-order valence-electron chi connectivity index (χ3n) is 5.07. The Morgan fingerprint density at radius 3 is 2.68 bits per heavy atom. The monoisotopic (exact) mass is 363 g/mol. The maximum absolute atomic E-state index is 12.4. The number of hydrogen-bond acceptors (Lipinski definition) is 4. The highest BCUT2D eigenvalue weighted by molar-refractivity contribution is 6.32. The number of ether oxygens (including phenoxy) is 2. The van der Waals surface area contributed by atoms with Crippen LogP contribution in [0.25, 0.3) is 0 Å². The quantitative estimate of drug-likeness (QED) is 0.725. The van der Waals surface area contributed by atoms with E-state index in [9.17, 15) is 9.59 Å². The SMILES string of the molecule is COC(=O)C(CC1(C)CCC1)N1CC(Oc2ccccc2Cl)=CC1=O. The van der Waals surface area contributed by atoms with Crippen LogP contribution in [0.5, 0.6) is 5.75 Å². The summed E-state index contributed by atoms with van der Waals surface area (Å²) in [5, 5.41) is 0.473. The van der Waals surface area contributed by atoms with Crippen LogP contribution in [-0.4, -0.2) is 36.5 Å². The van der Waals surface area contributed by atoms with Crippen LogP contribution in [0, 0.1) is 5.41 Å². The van der Waals surface area contributed by atoms with Crippen LogP contribution in [0.15, 0.2) is 36.1 Å². The van der Waals surface area contributed by atoms with Crippen molar-refractivity contribution < 1.29 is 19.1 Å². The smallest absolute Gasteiger partial charge is 0.328 e. The highest BCUT2D eigenvalue weighted by atomic mass is 35.5. The molecule has 3 rings (SSSR count). The molecule has 0 radical (unpaired) electrons. The van der Waals surface area contributed by atoms with Gasteiger partial charge in [-0.15, -0.1) is 0 Å². The summed E-state index contributed by atoms with van der Waals surface area (Å²) in [6.45, 7) is 2.39. The molecule has 1 aromatic rings. The van der Waals surface area contributed by atoms with Crippen molar-refractivity contribution in [3.8, 4) is 5.75 Å². The highest BCUT2D eigenvalue weighted by Crippen LogP contribution is 2.45. The molecular weight excluding hydrogens is 342 g/mol. The largest absolute Gasteiger partial charge is 0.467 e. The van der Waals surface area contributed by atoms with Crippen molar-refractivity contribution in [2.24, 2.45) is 5.41 Å². The van der Waals surface area contributed by atoms with Gasteiger partial charge in [-0.1, -0.05) is 37.1 Å². The van der Waals surface area contributed by atoms with Crippen molar-refractivity contribution in [2.75, 3.05) is 13.7 Å². The molecule has 1 unspecified atom stereocenters. The summed E-state index contributed by atoms with van der Waals surface area (Å²) in [4.78, 5) is 26.3. The number of amides is 1. The fourth-order valence-electron chi connectivity index (χ4n) is 3.41. The third-order valence-corrected chi connectivity index (χ3v) is 5.38. The Hall–Kier alpha value is -2.01. The van der Waals surface area contributed by atoms with E-state index >= 15 is 0 Å². The number of hydrogen-bond donors (Lipinski definition) is 0. The van der Waals surface area contributed by atoms with Crippen LogP contribution in [0.4, 0.5) is 0 Å². The lowest BCUT2D eigenvalue weighted by molar-refractivity contribution is -0.152. The normalized spacial score (nSPS) is 19.9. The Labute approximate surface area is 152 Å². The number of rotatable bonds is 6. The van der Waals surface area contributed by atoms with E-state index in [1.165, 1.54) is 18.1 Å². The van der Waals surface area contributed by atoms with Crippen molar-refractivity contribution in [3.63, 3.8) is 0 Å². The molecule has 1 aliphatic heterocycles. The van der Waals surface area contributed by atoms with Gasteiger partial charge in [-0.2, -0.15) is 0 Å². The molecule has 2 aliphatic rings. The first-order valence-corrected chi connectivity index (χ1v) is 8.81. The lowest BCUT2D eigenvalue weighted by atomic mass is 9.66. The number of para-hydroxylation sites is 1. The van der Waals surface area contributed by atoms with E-state index in [1.807, 2.05) is 12.1 Å². The van der Waals surface area contributed by atoms with E-state index in [0.717, 1.165) is 19.3 Å². The summed E-state index contributed by atoms with van der Waals surface area (Å²) in [6, 6.07) is 6.49. The van der Waals surface area contributed by atoms with Gasteiger partial charge in [0.1, 0.15) is 17.6 Å². The molecule has 1 aromatic carbocycles. The van der Waals surface area contributed by atoms with Gasteiger partial charge in [-0.3, -0.25) is 4.79 Å². The molecular formula is C19H22ClNO4. The molecule has 0 spiro atoms. The summed E-state index contributed by atoms with van der Waals surface area (Å²) in [5.41, 5.74) is 0.0888. The third kappa shape index (κ3) is 3.82. The fourth-order valence-corrected chi connectivity index (χ4v) is 3.59. The molecule has 6 heteroatoms. The van der Waals surface area contributed by atoms with E-state index in [2.05, 4.69) is 6.92 Å². The van der Waals surface area contributed by atoms with Gasteiger partial charge < -0.3 is 14.4 Å². The van der Waals surface area contributed by atoms with Gasteiger partial charge >= 0.3 is 5.97 Å². The molecule has 0 N–H and O–H groups in total. The maximum atomic E-state index is 12.4. The van der Waals surface area contributed by atoms with Crippen LogP contribution >= 0.6 is 11.6 Å². The molecule has 0 saturated heterocycles. The van der Waals surface area contributed by atoms with Gasteiger partial charge in [0.2, 0.25) is 0 Å². The lowest BCUT2D eigenvalue weighted by Gasteiger charge is -2.42. The van der Waals surface area contributed by atoms with Gasteiger partial charge in [0.25, 0.3) is 5.91 Å². The van der Waals surface area contributed by atoms with E-state index in [-0.39, 0.29) is 23.8 Å². The summed E-state index contributed by atoms with van der Waals surface area (Å²) in [5.74, 6) is 0.352. The van der Waals surface area contributed by atoms with Gasteiger partial charge in [0.05, 0.1) is 18.7 Å². The molecule has 1 fully saturated rings. The molecule has 0 bridgehead atoms. The molecule has 1 atom stereocenters. The molecule has 134 valence electrons. The highest BCUT2D eigenvalue weighted by Gasteiger charge is 2.42. The predicted octanol–water partition coefficient (Wildman–Crippen LogP) is 3.57. The van der Waals surface area contributed by atoms with Crippen LogP contribution in [0.1, 0.15) is 32.6 Å². The summed E-state index contributed by atoms with van der Waals surface area (Å²) < 4.78 is 10.7. The molecule has 25 heavy (non-hydrogen) atoms. The fraction of sp³-hybridized carbons (Fsp3) is 0.474. The van der Waals surface area contributed by atoms with Gasteiger partial charge in [-0.05, 0) is 36.8 Å². The molecule has 1 amide bonds. The minimum absolute atomic E-state index is 0.0888. The van der Waals surface area contributed by atoms with E-state index in [0.29, 0.717) is 23.0 Å². The van der Waals surface area contributed by atoms with Crippen LogP contribution in [0.3, 0.4) is 0 Å². The van der Waals surface area contributed by atoms with E-state index in [1.54, 1.807) is 12.1 Å². The van der Waals surface area contributed by atoms with Crippen molar-refractivity contribution >= 4 is 23.5 Å². The number of methoxy groups -OCH3 is 1. The second-order valence-corrected chi connectivity index (χ2v) is 7.42. The first kappa shape index (κ1) is 17.8. The van der Waals surface area contributed by atoms with Crippen LogP contribution in [-0.2, 0) is 14.3 Å². The first-order chi connectivity index (χ1) is 11.9. The summed E-state index contributed by atoms with van der Waals surface area (Å²) in [7, 11) is 1.35. The summed E-state index contributed by atoms with van der Waals surface area (Å²) >= 11 is 6.10. The zero-order valence-corrected chi connectivity index (χ0v) is 15.2. The molecule has 1 aliphatic carbocycles. The number of halogens is 1. The van der Waals surface area contributed by atoms with E-state index in [4.69, 9.17) is 21.1 Å². The second kappa shape index (κ2) is 7.08. The van der Waals surface area contributed by atoms with Crippen LogP contribution < -0.4 is 4.74 Å². The molecule has 1 saturated carbocycles. The van der Waals surface area contributed by atoms with Gasteiger partial charge in [-0.25, -0.2) is 4.79 Å². The Morgan fingerprint density at radius 1 is 1.36 bits per heavy atom. The molecule has 1 heterocycles. The Balaban J connectivity index is 1.72. The van der Waals surface area contributed by atoms with Gasteiger partial charge in [0.15, 0.2) is 0 Å². The molecule has 5 nitrogen and oxygen atoms in total.